The highest BCUT2D eigenvalue weighted by Gasteiger charge is 2.12. The Hall–Kier alpha value is -2.49. The first kappa shape index (κ1) is 12.0. The monoisotopic (exact) mass is 244 g/mol. The number of hydrogen-bond acceptors (Lipinski definition) is 2. The van der Waals surface area contributed by atoms with E-state index in [1.165, 1.54) is 18.2 Å². The van der Waals surface area contributed by atoms with Crippen LogP contribution in [0.5, 0.6) is 0 Å². The highest BCUT2D eigenvalue weighted by molar-refractivity contribution is 5.96. The van der Waals surface area contributed by atoms with E-state index in [2.05, 4.69) is 0 Å². The predicted molar refractivity (Wildman–Crippen MR) is 64.2 cm³/mol. The molecule has 0 radical (unpaired) electrons. The molecule has 0 spiro atoms. The fraction of sp³-hybridized carbons (Fsp3) is 0. The zero-order chi connectivity index (χ0) is 13.1. The SMILES string of the molecule is O=Cc1ccc(-c2ccccc2C(=O)O)cc1F. The van der Waals surface area contributed by atoms with Crippen molar-refractivity contribution in [3.8, 4) is 11.1 Å². The van der Waals surface area contributed by atoms with Gasteiger partial charge < -0.3 is 5.11 Å². The second kappa shape index (κ2) is 4.79. The number of halogens is 1. The van der Waals surface area contributed by atoms with Crippen LogP contribution in [0.2, 0.25) is 0 Å². The van der Waals surface area contributed by atoms with Gasteiger partial charge in [-0.3, -0.25) is 4.79 Å². The Labute approximate surface area is 103 Å². The maximum Gasteiger partial charge on any atom is 0.336 e. The molecule has 0 bridgehead atoms. The third-order valence-corrected chi connectivity index (χ3v) is 2.60. The lowest BCUT2D eigenvalue weighted by Crippen LogP contribution is -1.99. The van der Waals surface area contributed by atoms with Crippen LogP contribution in [0, 0.1) is 5.82 Å². The summed E-state index contributed by atoms with van der Waals surface area (Å²) >= 11 is 0. The van der Waals surface area contributed by atoms with Gasteiger partial charge in [0.1, 0.15) is 5.82 Å². The van der Waals surface area contributed by atoms with E-state index in [9.17, 15) is 14.0 Å². The van der Waals surface area contributed by atoms with Crippen molar-refractivity contribution in [2.75, 3.05) is 0 Å². The fourth-order valence-electron chi connectivity index (χ4n) is 1.71. The van der Waals surface area contributed by atoms with Crippen molar-refractivity contribution in [3.05, 3.63) is 59.4 Å². The van der Waals surface area contributed by atoms with Gasteiger partial charge in [0, 0.05) is 0 Å². The number of carboxylic acid groups (broad SMARTS) is 1. The molecule has 2 aromatic carbocycles. The van der Waals surface area contributed by atoms with Crippen molar-refractivity contribution in [2.45, 2.75) is 0 Å². The average molecular weight is 244 g/mol. The Kier molecular flexibility index (Phi) is 3.19. The highest BCUT2D eigenvalue weighted by Crippen LogP contribution is 2.25. The van der Waals surface area contributed by atoms with E-state index < -0.39 is 11.8 Å². The van der Waals surface area contributed by atoms with Crippen molar-refractivity contribution >= 4 is 12.3 Å². The minimum Gasteiger partial charge on any atom is -0.478 e. The van der Waals surface area contributed by atoms with Gasteiger partial charge >= 0.3 is 5.97 Å². The summed E-state index contributed by atoms with van der Waals surface area (Å²) < 4.78 is 13.5. The van der Waals surface area contributed by atoms with Crippen LogP contribution in [0.15, 0.2) is 42.5 Å². The van der Waals surface area contributed by atoms with Crippen molar-refractivity contribution in [1.82, 2.24) is 0 Å². The number of carbonyl (C=O) groups excluding carboxylic acids is 1. The predicted octanol–water partition coefficient (Wildman–Crippen LogP) is 3.00. The molecule has 0 heterocycles. The third-order valence-electron chi connectivity index (χ3n) is 2.60. The lowest BCUT2D eigenvalue weighted by atomic mass is 9.98. The van der Waals surface area contributed by atoms with E-state index in [-0.39, 0.29) is 11.1 Å². The summed E-state index contributed by atoms with van der Waals surface area (Å²) in [5.41, 5.74) is 0.889. The van der Waals surface area contributed by atoms with Crippen molar-refractivity contribution in [1.29, 1.82) is 0 Å². The Balaban J connectivity index is 2.59. The van der Waals surface area contributed by atoms with Gasteiger partial charge in [-0.1, -0.05) is 24.3 Å². The van der Waals surface area contributed by atoms with Crippen LogP contribution < -0.4 is 0 Å². The summed E-state index contributed by atoms with van der Waals surface area (Å²) in [5, 5.41) is 9.05. The van der Waals surface area contributed by atoms with Gasteiger partial charge in [-0.15, -0.1) is 0 Å². The van der Waals surface area contributed by atoms with E-state index in [1.807, 2.05) is 0 Å². The van der Waals surface area contributed by atoms with E-state index in [1.54, 1.807) is 18.2 Å². The first-order valence-electron chi connectivity index (χ1n) is 5.21. The van der Waals surface area contributed by atoms with Crippen LogP contribution >= 0.6 is 0 Å². The van der Waals surface area contributed by atoms with Crippen LogP contribution in [0.4, 0.5) is 4.39 Å². The molecule has 0 aromatic heterocycles. The van der Waals surface area contributed by atoms with Crippen molar-refractivity contribution < 1.29 is 19.1 Å². The number of aldehydes is 1. The minimum atomic E-state index is -1.08. The highest BCUT2D eigenvalue weighted by atomic mass is 19.1. The molecule has 0 saturated heterocycles. The quantitative estimate of drug-likeness (QED) is 0.844. The Bertz CT molecular complexity index is 620. The molecule has 0 unspecified atom stereocenters. The molecule has 4 heteroatoms. The summed E-state index contributed by atoms with van der Waals surface area (Å²) in [7, 11) is 0. The molecule has 0 fully saturated rings. The first-order chi connectivity index (χ1) is 8.63. The van der Waals surface area contributed by atoms with Crippen molar-refractivity contribution in [2.24, 2.45) is 0 Å². The minimum absolute atomic E-state index is 0.0495. The molecule has 2 aromatic rings. The first-order valence-corrected chi connectivity index (χ1v) is 5.21. The lowest BCUT2D eigenvalue weighted by molar-refractivity contribution is 0.0697. The van der Waals surface area contributed by atoms with Gasteiger partial charge in [-0.25, -0.2) is 9.18 Å². The second-order valence-electron chi connectivity index (χ2n) is 3.70. The Morgan fingerprint density at radius 1 is 1.17 bits per heavy atom. The van der Waals surface area contributed by atoms with Gasteiger partial charge in [-0.2, -0.15) is 0 Å². The molecule has 1 N–H and O–H groups in total. The molecule has 0 aliphatic carbocycles. The average Bonchev–Trinajstić information content (AvgIpc) is 2.38. The number of carboxylic acids is 1. The fourth-order valence-corrected chi connectivity index (χ4v) is 1.71. The number of benzene rings is 2. The van der Waals surface area contributed by atoms with Crippen LogP contribution in [-0.2, 0) is 0 Å². The van der Waals surface area contributed by atoms with Gasteiger partial charge in [0.25, 0.3) is 0 Å². The summed E-state index contributed by atoms with van der Waals surface area (Å²) in [6.07, 6.45) is 0.419. The second-order valence-corrected chi connectivity index (χ2v) is 3.70. The molecule has 0 saturated carbocycles. The summed E-state index contributed by atoms with van der Waals surface area (Å²) in [6.45, 7) is 0. The topological polar surface area (TPSA) is 54.4 Å². The molecule has 0 aliphatic heterocycles. The largest absolute Gasteiger partial charge is 0.478 e. The van der Waals surface area contributed by atoms with E-state index in [4.69, 9.17) is 5.11 Å². The smallest absolute Gasteiger partial charge is 0.336 e. The van der Waals surface area contributed by atoms with E-state index in [0.717, 1.165) is 6.07 Å². The zero-order valence-electron chi connectivity index (χ0n) is 9.26. The van der Waals surface area contributed by atoms with E-state index in [0.29, 0.717) is 17.4 Å². The molecule has 3 nitrogen and oxygen atoms in total. The van der Waals surface area contributed by atoms with Gasteiger partial charge in [0.15, 0.2) is 6.29 Å². The molecule has 90 valence electrons. The Morgan fingerprint density at radius 3 is 2.50 bits per heavy atom. The summed E-state index contributed by atoms with van der Waals surface area (Å²) in [5.74, 6) is -1.74. The number of hydrogen-bond donors (Lipinski definition) is 1. The number of aromatic carboxylic acids is 1. The molecular formula is C14H9FO3. The van der Waals surface area contributed by atoms with Gasteiger partial charge in [0.2, 0.25) is 0 Å². The molecule has 0 amide bonds. The lowest BCUT2D eigenvalue weighted by Gasteiger charge is -2.06. The maximum absolute atomic E-state index is 13.5. The van der Waals surface area contributed by atoms with Crippen LogP contribution in [0.1, 0.15) is 20.7 Å². The summed E-state index contributed by atoms with van der Waals surface area (Å²) in [4.78, 5) is 21.6. The summed E-state index contributed by atoms with van der Waals surface area (Å²) in [6, 6.07) is 10.3. The van der Waals surface area contributed by atoms with Crippen LogP contribution in [-0.4, -0.2) is 17.4 Å². The van der Waals surface area contributed by atoms with E-state index >= 15 is 0 Å². The van der Waals surface area contributed by atoms with Crippen molar-refractivity contribution in [3.63, 3.8) is 0 Å². The molecule has 2 rings (SSSR count). The third kappa shape index (κ3) is 2.13. The van der Waals surface area contributed by atoms with Crippen LogP contribution in [0.25, 0.3) is 11.1 Å². The standard InChI is InChI=1S/C14H9FO3/c15-13-7-9(5-6-10(13)8-16)11-3-1-2-4-12(11)14(17)18/h1-8H,(H,17,18). The molecule has 18 heavy (non-hydrogen) atoms. The number of rotatable bonds is 3. The Morgan fingerprint density at radius 2 is 1.89 bits per heavy atom. The van der Waals surface area contributed by atoms with Crippen LogP contribution in [0.3, 0.4) is 0 Å². The molecule has 0 atom stereocenters. The molecular weight excluding hydrogens is 235 g/mol. The molecule has 0 aliphatic rings. The van der Waals surface area contributed by atoms with Gasteiger partial charge in [-0.05, 0) is 29.3 Å². The normalized spacial score (nSPS) is 10.1. The van der Waals surface area contributed by atoms with Gasteiger partial charge in [0.05, 0.1) is 11.1 Å². The number of carbonyl (C=O) groups is 2. The maximum atomic E-state index is 13.5. The zero-order valence-corrected chi connectivity index (χ0v) is 9.26.